The van der Waals surface area contributed by atoms with Crippen molar-refractivity contribution in [2.24, 2.45) is 0 Å². The molecule has 0 spiro atoms. The highest BCUT2D eigenvalue weighted by atomic mass is 32.2. The number of benzene rings is 1. The molecule has 5 nitrogen and oxygen atoms in total. The molecule has 1 aliphatic heterocycles. The minimum Gasteiger partial charge on any atom is -0.502 e. The summed E-state index contributed by atoms with van der Waals surface area (Å²) in [7, 11) is 3.12. The van der Waals surface area contributed by atoms with E-state index in [1.807, 2.05) is 26.2 Å². The van der Waals surface area contributed by atoms with Gasteiger partial charge >= 0.3 is 0 Å². The van der Waals surface area contributed by atoms with Gasteiger partial charge in [0.25, 0.3) is 5.91 Å². The normalized spacial score (nSPS) is 16.9. The van der Waals surface area contributed by atoms with Crippen molar-refractivity contribution in [2.45, 2.75) is 51.0 Å². The van der Waals surface area contributed by atoms with E-state index in [4.69, 9.17) is 9.47 Å². The monoisotopic (exact) mass is 423 g/mol. The van der Waals surface area contributed by atoms with Crippen molar-refractivity contribution < 1.29 is 19.4 Å². The van der Waals surface area contributed by atoms with Crippen molar-refractivity contribution in [3.8, 4) is 11.5 Å². The number of rotatable bonds is 5. The number of amides is 1. The second-order valence-electron chi connectivity index (χ2n) is 8.30. The van der Waals surface area contributed by atoms with E-state index in [0.717, 1.165) is 0 Å². The van der Waals surface area contributed by atoms with E-state index in [-0.39, 0.29) is 15.3 Å². The molecule has 2 rings (SSSR count). The van der Waals surface area contributed by atoms with Crippen molar-refractivity contribution in [3.63, 3.8) is 0 Å². The Balaban J connectivity index is 2.61. The molecule has 1 N–H and O–H groups in total. The summed E-state index contributed by atoms with van der Waals surface area (Å²) >= 11 is 3.08. The van der Waals surface area contributed by atoms with Gasteiger partial charge in [0.1, 0.15) is 11.5 Å². The highest BCUT2D eigenvalue weighted by molar-refractivity contribution is 8.05. The maximum atomic E-state index is 13.0. The van der Waals surface area contributed by atoms with Gasteiger partial charge in [0.2, 0.25) is 0 Å². The summed E-state index contributed by atoms with van der Waals surface area (Å²) in [5.74, 6) is 0.423. The van der Waals surface area contributed by atoms with Crippen molar-refractivity contribution in [2.75, 3.05) is 19.1 Å². The number of thioether (sulfide) groups is 2. The quantitative estimate of drug-likeness (QED) is 0.653. The molecule has 0 unspecified atom stereocenters. The first-order valence-corrected chi connectivity index (χ1v) is 10.6. The Morgan fingerprint density at radius 2 is 1.68 bits per heavy atom. The molecule has 0 atom stereocenters. The summed E-state index contributed by atoms with van der Waals surface area (Å²) in [5, 5.41) is 12.6. The first-order chi connectivity index (χ1) is 12.9. The maximum Gasteiger partial charge on any atom is 0.299 e. The largest absolute Gasteiger partial charge is 0.502 e. The molecule has 0 fully saturated rings. The second kappa shape index (κ2) is 8.33. The summed E-state index contributed by atoms with van der Waals surface area (Å²) in [6.07, 6.45) is 0. The summed E-state index contributed by atoms with van der Waals surface area (Å²) in [5.41, 5.74) is 1.22. The molecule has 0 aliphatic carbocycles. The highest BCUT2D eigenvalue weighted by Crippen LogP contribution is 2.47. The highest BCUT2D eigenvalue weighted by Gasteiger charge is 2.40. The minimum absolute atomic E-state index is 0.0402. The Labute approximate surface area is 176 Å². The van der Waals surface area contributed by atoms with Gasteiger partial charge in [-0.2, -0.15) is 0 Å². The number of methoxy groups -OCH3 is 2. The molecule has 0 radical (unpaired) electrons. The van der Waals surface area contributed by atoms with Gasteiger partial charge in [0.05, 0.1) is 30.5 Å². The fraction of sp³-hybridized carbons (Fsp3) is 0.476. The minimum atomic E-state index is -0.462. The van der Waals surface area contributed by atoms with Crippen LogP contribution in [0.5, 0.6) is 11.5 Å². The van der Waals surface area contributed by atoms with Crippen LogP contribution in [0.3, 0.4) is 0 Å². The van der Waals surface area contributed by atoms with E-state index in [9.17, 15) is 9.90 Å². The van der Waals surface area contributed by atoms with E-state index in [0.29, 0.717) is 27.8 Å². The second-order valence-corrected chi connectivity index (χ2v) is 11.8. The Bertz CT molecular complexity index is 817. The van der Waals surface area contributed by atoms with Crippen LogP contribution in [0.25, 0.3) is 0 Å². The number of carbonyl (C=O) groups is 1. The fourth-order valence-electron chi connectivity index (χ4n) is 2.49. The number of hydrogen-bond acceptors (Lipinski definition) is 6. The number of hydrogen-bond donors (Lipinski definition) is 1. The van der Waals surface area contributed by atoms with Gasteiger partial charge in [0.15, 0.2) is 5.76 Å². The van der Waals surface area contributed by atoms with Gasteiger partial charge in [0, 0.05) is 15.6 Å². The molecule has 0 aromatic heterocycles. The third kappa shape index (κ3) is 5.20. The Kier molecular flexibility index (Phi) is 6.71. The van der Waals surface area contributed by atoms with E-state index in [1.165, 1.54) is 16.7 Å². The lowest BCUT2D eigenvalue weighted by atomic mass is 10.2. The zero-order valence-electron chi connectivity index (χ0n) is 17.7. The SMILES string of the molecule is COc1ccc(N2C(=O)C(O)=C(SC(C)(C)C)/C2=C\SC(C)(C)C)c(OC)c1. The van der Waals surface area contributed by atoms with Gasteiger partial charge in [-0.25, -0.2) is 0 Å². The number of carbonyl (C=O) groups excluding carboxylic acids is 1. The first-order valence-electron chi connectivity index (χ1n) is 8.95. The van der Waals surface area contributed by atoms with Crippen molar-refractivity contribution in [1.29, 1.82) is 0 Å². The predicted molar refractivity (Wildman–Crippen MR) is 119 cm³/mol. The van der Waals surface area contributed by atoms with Gasteiger partial charge in [-0.3, -0.25) is 9.69 Å². The van der Waals surface area contributed by atoms with E-state index >= 15 is 0 Å². The molecule has 1 heterocycles. The molecule has 1 aromatic carbocycles. The van der Waals surface area contributed by atoms with Crippen LogP contribution in [0.1, 0.15) is 41.5 Å². The average Bonchev–Trinajstić information content (AvgIpc) is 2.81. The standard InChI is InChI=1S/C21H29NO4S2/c1-20(2,3)27-12-15-18(28-21(4,5)6)17(23)19(24)22(15)14-10-9-13(25-7)11-16(14)26-8/h9-12,23H,1-8H3/b15-12+. The van der Waals surface area contributed by atoms with Crippen LogP contribution in [-0.2, 0) is 4.79 Å². The van der Waals surface area contributed by atoms with E-state index in [1.54, 1.807) is 44.2 Å². The predicted octanol–water partition coefficient (Wildman–Crippen LogP) is 5.72. The summed E-state index contributed by atoms with van der Waals surface area (Å²) in [6.45, 7) is 12.5. The Morgan fingerprint density at radius 3 is 2.18 bits per heavy atom. The van der Waals surface area contributed by atoms with Crippen LogP contribution < -0.4 is 14.4 Å². The number of nitrogens with zero attached hydrogens (tertiary/aromatic N) is 1. The molecule has 0 bridgehead atoms. The molecular weight excluding hydrogens is 394 g/mol. The Morgan fingerprint density at radius 1 is 1.04 bits per heavy atom. The van der Waals surface area contributed by atoms with Gasteiger partial charge in [-0.05, 0) is 17.5 Å². The Hall–Kier alpha value is -1.73. The zero-order chi connectivity index (χ0) is 21.3. The molecule has 7 heteroatoms. The summed E-state index contributed by atoms with van der Waals surface area (Å²) in [6, 6.07) is 5.26. The molecule has 1 aliphatic rings. The third-order valence-electron chi connectivity index (χ3n) is 3.65. The van der Waals surface area contributed by atoms with Crippen LogP contribution in [0.4, 0.5) is 5.69 Å². The molecule has 0 saturated heterocycles. The molecular formula is C21H29NO4S2. The first kappa shape index (κ1) is 22.6. The third-order valence-corrected chi connectivity index (χ3v) is 5.92. The topological polar surface area (TPSA) is 59.0 Å². The number of aliphatic hydroxyl groups excluding tert-OH is 1. The number of aliphatic hydroxyl groups is 1. The summed E-state index contributed by atoms with van der Waals surface area (Å²) in [4.78, 5) is 15.1. The van der Waals surface area contributed by atoms with Gasteiger partial charge in [-0.15, -0.1) is 23.5 Å². The van der Waals surface area contributed by atoms with Crippen LogP contribution in [0.15, 0.2) is 40.0 Å². The van der Waals surface area contributed by atoms with Crippen LogP contribution in [-0.4, -0.2) is 34.7 Å². The molecule has 1 amide bonds. The lowest BCUT2D eigenvalue weighted by Crippen LogP contribution is -2.26. The molecule has 154 valence electrons. The fourth-order valence-corrected chi connectivity index (χ4v) is 4.30. The van der Waals surface area contributed by atoms with Crippen molar-refractivity contribution in [3.05, 3.63) is 40.0 Å². The molecule has 1 aromatic rings. The van der Waals surface area contributed by atoms with Crippen LogP contribution >= 0.6 is 23.5 Å². The lowest BCUT2D eigenvalue weighted by Gasteiger charge is -2.25. The van der Waals surface area contributed by atoms with Gasteiger partial charge in [-0.1, -0.05) is 41.5 Å². The molecule has 0 saturated carbocycles. The number of ether oxygens (including phenoxy) is 2. The van der Waals surface area contributed by atoms with Gasteiger partial charge < -0.3 is 14.6 Å². The smallest absolute Gasteiger partial charge is 0.299 e. The van der Waals surface area contributed by atoms with Crippen molar-refractivity contribution >= 4 is 35.1 Å². The van der Waals surface area contributed by atoms with E-state index in [2.05, 4.69) is 20.8 Å². The van der Waals surface area contributed by atoms with E-state index < -0.39 is 5.91 Å². The lowest BCUT2D eigenvalue weighted by molar-refractivity contribution is -0.116. The number of anilines is 1. The van der Waals surface area contributed by atoms with Crippen LogP contribution in [0, 0.1) is 0 Å². The average molecular weight is 424 g/mol. The molecule has 28 heavy (non-hydrogen) atoms. The maximum absolute atomic E-state index is 13.0. The van der Waals surface area contributed by atoms with Crippen LogP contribution in [0.2, 0.25) is 0 Å². The summed E-state index contributed by atoms with van der Waals surface area (Å²) < 4.78 is 10.5. The zero-order valence-corrected chi connectivity index (χ0v) is 19.4. The van der Waals surface area contributed by atoms with Crippen molar-refractivity contribution in [1.82, 2.24) is 0 Å².